The summed E-state index contributed by atoms with van der Waals surface area (Å²) in [5, 5.41) is 18.2. The highest BCUT2D eigenvalue weighted by Crippen LogP contribution is 2.49. The topological polar surface area (TPSA) is 83.2 Å². The van der Waals surface area contributed by atoms with E-state index in [-0.39, 0.29) is 17.1 Å². The van der Waals surface area contributed by atoms with Crippen LogP contribution >= 0.6 is 15.9 Å². The number of ketones is 1. The molecule has 1 heterocycles. The zero-order valence-electron chi connectivity index (χ0n) is 17.4. The highest BCUT2D eigenvalue weighted by Gasteiger charge is 2.46. The molecule has 2 unspecified atom stereocenters. The summed E-state index contributed by atoms with van der Waals surface area (Å²) in [5.41, 5.74) is 2.02. The predicted octanol–water partition coefficient (Wildman–Crippen LogP) is 5.90. The fraction of sp³-hybridized carbons (Fsp3) is 0.320. The summed E-state index contributed by atoms with van der Waals surface area (Å²) in [6.07, 6.45) is 0.951. The molecular weight excluding hydrogens is 456 g/mol. The molecule has 4 rings (SSSR count). The number of rotatable bonds is 4. The first-order valence-electron chi connectivity index (χ1n) is 10.2. The van der Waals surface area contributed by atoms with Gasteiger partial charge in [0.05, 0.1) is 6.07 Å². The summed E-state index contributed by atoms with van der Waals surface area (Å²) in [6, 6.07) is 17.5. The second-order valence-electron chi connectivity index (χ2n) is 8.78. The van der Waals surface area contributed by atoms with Gasteiger partial charge in [-0.05, 0) is 29.2 Å². The third kappa shape index (κ3) is 4.28. The summed E-state index contributed by atoms with van der Waals surface area (Å²) < 4.78 is 12.8. The van der Waals surface area contributed by atoms with Gasteiger partial charge in [0.1, 0.15) is 24.0 Å². The number of Topliss-reactive ketones (excluding diaryl/α,β-unsaturated/α-hetero) is 1. The third-order valence-electron chi connectivity index (χ3n) is 5.74. The Morgan fingerprint density at radius 1 is 1.19 bits per heavy atom. The number of hydrogen-bond acceptors (Lipinski definition) is 5. The van der Waals surface area contributed by atoms with Crippen molar-refractivity contribution in [2.75, 3.05) is 0 Å². The van der Waals surface area contributed by atoms with Crippen LogP contribution in [-0.4, -0.2) is 11.7 Å². The second-order valence-corrected chi connectivity index (χ2v) is 9.70. The molecule has 1 aliphatic carbocycles. The van der Waals surface area contributed by atoms with Crippen molar-refractivity contribution in [3.05, 3.63) is 75.5 Å². The number of hydrogen-bond donors (Lipinski definition) is 1. The Labute approximate surface area is 190 Å². The largest absolute Gasteiger partial charge is 0.489 e. The van der Waals surface area contributed by atoms with E-state index >= 15 is 0 Å². The molecule has 2 aromatic rings. The molecule has 0 saturated carbocycles. The van der Waals surface area contributed by atoms with E-state index < -0.39 is 11.8 Å². The number of nitrogens with zero attached hydrogens (tertiary/aromatic N) is 1. The molecule has 2 atom stereocenters. The SMILES string of the molecule is CC1(C)CC(=O)C2=C(C1)OC(=N)C(C#N)C2c1ccccc1OCc1ccc(Br)cc1. The lowest BCUT2D eigenvalue weighted by Gasteiger charge is -2.39. The summed E-state index contributed by atoms with van der Waals surface area (Å²) in [4.78, 5) is 13.2. The van der Waals surface area contributed by atoms with Crippen LogP contribution < -0.4 is 4.74 Å². The Morgan fingerprint density at radius 2 is 1.90 bits per heavy atom. The minimum Gasteiger partial charge on any atom is -0.489 e. The highest BCUT2D eigenvalue weighted by atomic mass is 79.9. The molecule has 1 aliphatic heterocycles. The molecule has 1 N–H and O–H groups in total. The maximum atomic E-state index is 13.2. The average Bonchev–Trinajstić information content (AvgIpc) is 2.71. The molecule has 2 aliphatic rings. The van der Waals surface area contributed by atoms with Crippen molar-refractivity contribution < 1.29 is 14.3 Å². The van der Waals surface area contributed by atoms with Gasteiger partial charge in [-0.2, -0.15) is 5.26 Å². The van der Waals surface area contributed by atoms with E-state index in [1.54, 1.807) is 0 Å². The van der Waals surface area contributed by atoms with Crippen molar-refractivity contribution in [2.45, 2.75) is 39.2 Å². The third-order valence-corrected chi connectivity index (χ3v) is 6.27. The van der Waals surface area contributed by atoms with E-state index in [2.05, 4.69) is 22.0 Å². The number of carbonyl (C=O) groups is 1. The van der Waals surface area contributed by atoms with E-state index in [1.807, 2.05) is 62.4 Å². The van der Waals surface area contributed by atoms with E-state index in [9.17, 15) is 10.1 Å². The minimum absolute atomic E-state index is 0.0216. The summed E-state index contributed by atoms with van der Waals surface area (Å²) in [6.45, 7) is 4.39. The number of halogens is 1. The number of carbonyl (C=O) groups excluding carboxylic acids is 1. The fourth-order valence-electron chi connectivity index (χ4n) is 4.31. The Hall–Kier alpha value is -2.91. The highest BCUT2D eigenvalue weighted by molar-refractivity contribution is 9.10. The predicted molar refractivity (Wildman–Crippen MR) is 121 cm³/mol. The first-order valence-corrected chi connectivity index (χ1v) is 11.0. The lowest BCUT2D eigenvalue weighted by molar-refractivity contribution is -0.119. The maximum Gasteiger partial charge on any atom is 0.205 e. The van der Waals surface area contributed by atoms with Gasteiger partial charge in [-0.25, -0.2) is 0 Å². The molecule has 158 valence electrons. The fourth-order valence-corrected chi connectivity index (χ4v) is 4.57. The van der Waals surface area contributed by atoms with E-state index in [4.69, 9.17) is 14.9 Å². The van der Waals surface area contributed by atoms with Gasteiger partial charge in [-0.1, -0.05) is 60.1 Å². The van der Waals surface area contributed by atoms with Crippen molar-refractivity contribution >= 4 is 27.6 Å². The van der Waals surface area contributed by atoms with Gasteiger partial charge in [0.2, 0.25) is 5.90 Å². The normalized spacial score (nSPS) is 22.4. The lowest BCUT2D eigenvalue weighted by atomic mass is 9.68. The van der Waals surface area contributed by atoms with Crippen molar-refractivity contribution in [2.24, 2.45) is 11.3 Å². The van der Waals surface area contributed by atoms with E-state index in [1.165, 1.54) is 0 Å². The summed E-state index contributed by atoms with van der Waals surface area (Å²) in [5.74, 6) is -0.459. The van der Waals surface area contributed by atoms with Gasteiger partial charge in [-0.3, -0.25) is 10.2 Å². The van der Waals surface area contributed by atoms with Gasteiger partial charge in [0.15, 0.2) is 5.78 Å². The van der Waals surface area contributed by atoms with Crippen LogP contribution in [0.15, 0.2) is 64.3 Å². The van der Waals surface area contributed by atoms with Crippen LogP contribution in [0.25, 0.3) is 0 Å². The van der Waals surface area contributed by atoms with Gasteiger partial charge >= 0.3 is 0 Å². The van der Waals surface area contributed by atoms with Crippen LogP contribution in [0.4, 0.5) is 0 Å². The Bertz CT molecular complexity index is 1110. The van der Waals surface area contributed by atoms with Crippen molar-refractivity contribution in [3.8, 4) is 11.8 Å². The zero-order chi connectivity index (χ0) is 22.2. The van der Waals surface area contributed by atoms with Crippen LogP contribution in [0.2, 0.25) is 0 Å². The summed E-state index contributed by atoms with van der Waals surface area (Å²) in [7, 11) is 0. The van der Waals surface area contributed by atoms with Crippen LogP contribution in [0.1, 0.15) is 43.7 Å². The Balaban J connectivity index is 1.74. The molecule has 0 fully saturated rings. The molecule has 0 saturated heterocycles. The molecular formula is C25H23BrN2O3. The number of benzene rings is 2. The second kappa shape index (κ2) is 8.32. The van der Waals surface area contributed by atoms with Crippen LogP contribution in [0.3, 0.4) is 0 Å². The number of nitriles is 1. The lowest BCUT2D eigenvalue weighted by Crippen LogP contribution is -2.38. The Morgan fingerprint density at radius 3 is 2.61 bits per heavy atom. The quantitative estimate of drug-likeness (QED) is 0.592. The zero-order valence-corrected chi connectivity index (χ0v) is 19.0. The molecule has 0 aromatic heterocycles. The number of para-hydroxylation sites is 1. The van der Waals surface area contributed by atoms with Gasteiger partial charge < -0.3 is 9.47 Å². The van der Waals surface area contributed by atoms with E-state index in [0.29, 0.717) is 36.5 Å². The molecule has 0 bridgehead atoms. The van der Waals surface area contributed by atoms with Crippen molar-refractivity contribution in [1.82, 2.24) is 0 Å². The average molecular weight is 479 g/mol. The first kappa shape index (κ1) is 21.3. The smallest absolute Gasteiger partial charge is 0.205 e. The Kier molecular flexibility index (Phi) is 5.72. The van der Waals surface area contributed by atoms with Crippen LogP contribution in [0, 0.1) is 28.1 Å². The van der Waals surface area contributed by atoms with Crippen LogP contribution in [-0.2, 0) is 16.1 Å². The molecule has 2 aromatic carbocycles. The van der Waals surface area contributed by atoms with Crippen LogP contribution in [0.5, 0.6) is 5.75 Å². The summed E-state index contributed by atoms with van der Waals surface area (Å²) >= 11 is 3.43. The van der Waals surface area contributed by atoms with Gasteiger partial charge in [-0.15, -0.1) is 0 Å². The standard InChI is InChI=1S/C25H23BrN2O3/c1-25(2)11-19(29)23-21(12-25)31-24(28)18(13-27)22(23)17-5-3-4-6-20(17)30-14-15-7-9-16(26)10-8-15/h3-10,18,22,28H,11-12,14H2,1-2H3. The minimum atomic E-state index is -0.874. The molecule has 31 heavy (non-hydrogen) atoms. The molecule has 0 spiro atoms. The van der Waals surface area contributed by atoms with Gasteiger partial charge in [0.25, 0.3) is 0 Å². The molecule has 0 amide bonds. The number of allylic oxidation sites excluding steroid dienone is 2. The number of nitrogens with one attached hydrogen (secondary N) is 1. The maximum absolute atomic E-state index is 13.2. The van der Waals surface area contributed by atoms with E-state index in [0.717, 1.165) is 15.6 Å². The molecule has 5 nitrogen and oxygen atoms in total. The number of ether oxygens (including phenoxy) is 2. The van der Waals surface area contributed by atoms with Crippen molar-refractivity contribution in [3.63, 3.8) is 0 Å². The van der Waals surface area contributed by atoms with Crippen molar-refractivity contribution in [1.29, 1.82) is 10.7 Å². The molecule has 6 heteroatoms. The monoisotopic (exact) mass is 478 g/mol. The molecule has 0 radical (unpaired) electrons. The first-order chi connectivity index (χ1) is 14.8. The van der Waals surface area contributed by atoms with Gasteiger partial charge in [0, 0.05) is 34.4 Å².